The summed E-state index contributed by atoms with van der Waals surface area (Å²) < 4.78 is 2.54. The van der Waals surface area contributed by atoms with Crippen LogP contribution in [0.15, 0.2) is 27.8 Å². The Bertz CT molecular complexity index is 825. The predicted octanol–water partition coefficient (Wildman–Crippen LogP) is 2.02. The number of nitro benzene ring substituents is 1. The van der Waals surface area contributed by atoms with Crippen molar-refractivity contribution < 1.29 is 4.92 Å². The molecule has 0 fully saturated rings. The molecule has 0 spiro atoms. The Hall–Kier alpha value is -2.15. The smallest absolute Gasteiger partial charge is 0.305 e. The van der Waals surface area contributed by atoms with Gasteiger partial charge in [-0.3, -0.25) is 19.7 Å². The van der Waals surface area contributed by atoms with Gasteiger partial charge in [-0.25, -0.2) is 0 Å². The molecule has 0 saturated heterocycles. The predicted molar refractivity (Wildman–Crippen MR) is 84.7 cm³/mol. The lowest BCUT2D eigenvalue weighted by Gasteiger charge is -2.12. The van der Waals surface area contributed by atoms with Crippen LogP contribution in [0.4, 0.5) is 5.69 Å². The Morgan fingerprint density at radius 3 is 2.50 bits per heavy atom. The normalized spacial score (nSPS) is 11.0. The lowest BCUT2D eigenvalue weighted by Crippen LogP contribution is -2.40. The van der Waals surface area contributed by atoms with Crippen LogP contribution in [0.2, 0.25) is 0 Å². The van der Waals surface area contributed by atoms with Crippen molar-refractivity contribution >= 4 is 28.3 Å². The summed E-state index contributed by atoms with van der Waals surface area (Å²) in [6.45, 7) is 0.389. The van der Waals surface area contributed by atoms with Gasteiger partial charge in [0, 0.05) is 31.6 Å². The Morgan fingerprint density at radius 1 is 1.14 bits per heavy atom. The SMILES string of the molecule is Cn1c(=O)c(=O)n(CCCCCCl)c2ccc([N+](=O)[O-])cc21. The van der Waals surface area contributed by atoms with Crippen molar-refractivity contribution in [2.45, 2.75) is 25.8 Å². The third-order valence-electron chi connectivity index (χ3n) is 3.57. The maximum Gasteiger partial charge on any atom is 0.316 e. The number of non-ortho nitro benzene ring substituents is 1. The second-order valence-corrected chi connectivity index (χ2v) is 5.38. The number of rotatable bonds is 6. The molecule has 0 atom stereocenters. The van der Waals surface area contributed by atoms with Gasteiger partial charge in [0.05, 0.1) is 16.0 Å². The maximum atomic E-state index is 12.2. The lowest BCUT2D eigenvalue weighted by molar-refractivity contribution is -0.384. The Labute approximate surface area is 130 Å². The third kappa shape index (κ3) is 3.04. The van der Waals surface area contributed by atoms with Gasteiger partial charge in [0.1, 0.15) is 0 Å². The minimum absolute atomic E-state index is 0.116. The van der Waals surface area contributed by atoms with E-state index in [2.05, 4.69) is 0 Å². The molecular formula is C14H16ClN3O4. The van der Waals surface area contributed by atoms with Gasteiger partial charge in [0.25, 0.3) is 5.69 Å². The average molecular weight is 326 g/mol. The number of nitro groups is 1. The molecule has 2 aromatic rings. The summed E-state index contributed by atoms with van der Waals surface area (Å²) in [7, 11) is 1.44. The maximum absolute atomic E-state index is 12.2. The second-order valence-electron chi connectivity index (χ2n) is 5.00. The number of fused-ring (bicyclic) bond motifs is 1. The second kappa shape index (κ2) is 6.74. The van der Waals surface area contributed by atoms with Crippen molar-refractivity contribution in [3.8, 4) is 0 Å². The number of aryl methyl sites for hydroxylation is 2. The van der Waals surface area contributed by atoms with Gasteiger partial charge in [-0.05, 0) is 18.9 Å². The van der Waals surface area contributed by atoms with E-state index in [1.54, 1.807) is 0 Å². The van der Waals surface area contributed by atoms with E-state index in [1.165, 1.54) is 29.8 Å². The molecule has 0 aliphatic carbocycles. The zero-order valence-electron chi connectivity index (χ0n) is 12.1. The summed E-state index contributed by atoms with van der Waals surface area (Å²) in [4.78, 5) is 34.5. The third-order valence-corrected chi connectivity index (χ3v) is 3.84. The van der Waals surface area contributed by atoms with E-state index in [1.807, 2.05) is 0 Å². The number of alkyl halides is 1. The van der Waals surface area contributed by atoms with Crippen LogP contribution < -0.4 is 11.1 Å². The molecule has 0 N–H and O–H groups in total. The zero-order valence-corrected chi connectivity index (χ0v) is 12.9. The van der Waals surface area contributed by atoms with Crippen molar-refractivity contribution in [3.63, 3.8) is 0 Å². The van der Waals surface area contributed by atoms with Crippen molar-refractivity contribution in [3.05, 3.63) is 49.0 Å². The molecular weight excluding hydrogens is 310 g/mol. The number of nitrogens with zero attached hydrogens (tertiary/aromatic N) is 3. The van der Waals surface area contributed by atoms with Gasteiger partial charge >= 0.3 is 11.1 Å². The molecule has 0 unspecified atom stereocenters. The van der Waals surface area contributed by atoms with Crippen LogP contribution in [0.5, 0.6) is 0 Å². The van der Waals surface area contributed by atoms with E-state index in [9.17, 15) is 19.7 Å². The first-order valence-corrected chi connectivity index (χ1v) is 7.44. The monoisotopic (exact) mass is 325 g/mol. The highest BCUT2D eigenvalue weighted by atomic mass is 35.5. The Morgan fingerprint density at radius 2 is 1.86 bits per heavy atom. The quantitative estimate of drug-likeness (QED) is 0.267. The minimum atomic E-state index is -0.689. The first kappa shape index (κ1) is 16.2. The number of aromatic nitrogens is 2. The number of hydrogen-bond donors (Lipinski definition) is 0. The first-order chi connectivity index (χ1) is 10.5. The van der Waals surface area contributed by atoms with Crippen LogP contribution in [-0.4, -0.2) is 19.9 Å². The van der Waals surface area contributed by atoms with Crippen molar-refractivity contribution in [2.75, 3.05) is 5.88 Å². The highest BCUT2D eigenvalue weighted by Gasteiger charge is 2.14. The van der Waals surface area contributed by atoms with Crippen LogP contribution in [0.1, 0.15) is 19.3 Å². The fourth-order valence-electron chi connectivity index (χ4n) is 2.36. The summed E-state index contributed by atoms with van der Waals surface area (Å²) in [6, 6.07) is 4.16. The minimum Gasteiger partial charge on any atom is -0.305 e. The molecule has 1 aromatic carbocycles. The molecule has 1 aromatic heterocycles. The molecule has 0 aliphatic rings. The Kier molecular flexibility index (Phi) is 4.97. The summed E-state index contributed by atoms with van der Waals surface area (Å²) in [5.74, 6) is 0.554. The van der Waals surface area contributed by atoms with Crippen molar-refractivity contribution in [2.24, 2.45) is 7.05 Å². The van der Waals surface area contributed by atoms with Gasteiger partial charge in [0.2, 0.25) is 0 Å². The highest BCUT2D eigenvalue weighted by molar-refractivity contribution is 6.17. The van der Waals surface area contributed by atoms with E-state index < -0.39 is 16.0 Å². The van der Waals surface area contributed by atoms with E-state index in [-0.39, 0.29) is 5.69 Å². The number of halogens is 1. The van der Waals surface area contributed by atoms with Gasteiger partial charge in [-0.2, -0.15) is 0 Å². The van der Waals surface area contributed by atoms with Crippen LogP contribution in [0, 0.1) is 10.1 Å². The van der Waals surface area contributed by atoms with Crippen molar-refractivity contribution in [1.29, 1.82) is 0 Å². The zero-order chi connectivity index (χ0) is 16.3. The molecule has 2 rings (SSSR count). The summed E-state index contributed by atoms with van der Waals surface area (Å²) in [6.07, 6.45) is 2.40. The molecule has 1 heterocycles. The van der Waals surface area contributed by atoms with Gasteiger partial charge in [-0.15, -0.1) is 11.6 Å². The largest absolute Gasteiger partial charge is 0.316 e. The molecule has 22 heavy (non-hydrogen) atoms. The molecule has 0 amide bonds. The topological polar surface area (TPSA) is 87.1 Å². The summed E-state index contributed by atoms with van der Waals surface area (Å²) >= 11 is 5.62. The van der Waals surface area contributed by atoms with E-state index in [4.69, 9.17) is 11.6 Å². The summed E-state index contributed by atoms with van der Waals surface area (Å²) in [5, 5.41) is 10.9. The van der Waals surface area contributed by atoms with E-state index in [0.717, 1.165) is 17.4 Å². The molecule has 118 valence electrons. The highest BCUT2D eigenvalue weighted by Crippen LogP contribution is 2.19. The fourth-order valence-corrected chi connectivity index (χ4v) is 2.55. The first-order valence-electron chi connectivity index (χ1n) is 6.91. The molecule has 0 radical (unpaired) electrons. The van der Waals surface area contributed by atoms with Gasteiger partial charge in [0.15, 0.2) is 0 Å². The molecule has 0 aliphatic heterocycles. The van der Waals surface area contributed by atoms with Crippen LogP contribution in [-0.2, 0) is 13.6 Å². The molecule has 7 nitrogen and oxygen atoms in total. The lowest BCUT2D eigenvalue weighted by atomic mass is 10.2. The standard InChI is InChI=1S/C14H16ClN3O4/c1-16-12-9-10(18(21)22)5-6-11(12)17(14(20)13(16)19)8-4-2-3-7-15/h5-6,9H,2-4,7-8H2,1H3. The number of benzene rings is 1. The number of unbranched alkanes of at least 4 members (excludes halogenated alkanes) is 2. The van der Waals surface area contributed by atoms with E-state index in [0.29, 0.717) is 29.9 Å². The summed E-state index contributed by atoms with van der Waals surface area (Å²) in [5.41, 5.74) is -0.533. The number of hydrogen-bond acceptors (Lipinski definition) is 4. The van der Waals surface area contributed by atoms with Crippen molar-refractivity contribution in [1.82, 2.24) is 9.13 Å². The van der Waals surface area contributed by atoms with Gasteiger partial charge < -0.3 is 9.13 Å². The molecule has 8 heteroatoms. The molecule has 0 bridgehead atoms. The van der Waals surface area contributed by atoms with Crippen LogP contribution in [0.3, 0.4) is 0 Å². The fraction of sp³-hybridized carbons (Fsp3) is 0.429. The van der Waals surface area contributed by atoms with Crippen LogP contribution >= 0.6 is 11.6 Å². The molecule has 0 saturated carbocycles. The van der Waals surface area contributed by atoms with Gasteiger partial charge in [-0.1, -0.05) is 6.42 Å². The van der Waals surface area contributed by atoms with Crippen LogP contribution in [0.25, 0.3) is 11.0 Å². The Balaban J connectivity index is 2.57. The van der Waals surface area contributed by atoms with E-state index >= 15 is 0 Å². The average Bonchev–Trinajstić information content (AvgIpc) is 2.51.